The van der Waals surface area contributed by atoms with E-state index in [1.54, 1.807) is 23.2 Å². The van der Waals surface area contributed by atoms with Crippen LogP contribution in [0.5, 0.6) is 0 Å². The van der Waals surface area contributed by atoms with Crippen LogP contribution in [-0.2, 0) is 11.3 Å². The number of nitrogens with zero attached hydrogens (tertiary/aromatic N) is 3. The molecule has 0 radical (unpaired) electrons. The number of carbonyl (C=O) groups is 2. The van der Waals surface area contributed by atoms with Crippen molar-refractivity contribution in [2.24, 2.45) is 0 Å². The average Bonchev–Trinajstić information content (AvgIpc) is 2.68. The third-order valence-corrected chi connectivity index (χ3v) is 4.24. The molecule has 0 atom stereocenters. The van der Waals surface area contributed by atoms with Gasteiger partial charge in [0.15, 0.2) is 0 Å². The van der Waals surface area contributed by atoms with Crippen molar-refractivity contribution in [1.29, 1.82) is 0 Å². The molecule has 1 aromatic carbocycles. The van der Waals surface area contributed by atoms with Gasteiger partial charge in [0.1, 0.15) is 5.69 Å². The third kappa shape index (κ3) is 4.87. The second-order valence-corrected chi connectivity index (χ2v) is 6.05. The molecular weight excluding hydrogens is 316 g/mol. The smallest absolute Gasteiger partial charge is 0.272 e. The Labute approximate surface area is 147 Å². The molecule has 3 rings (SSSR count). The highest BCUT2D eigenvalue weighted by molar-refractivity contribution is 5.92. The van der Waals surface area contributed by atoms with E-state index in [-0.39, 0.29) is 11.8 Å². The molecule has 1 N–H and O–H groups in total. The van der Waals surface area contributed by atoms with E-state index in [1.807, 2.05) is 36.4 Å². The van der Waals surface area contributed by atoms with Gasteiger partial charge in [-0.1, -0.05) is 36.4 Å². The van der Waals surface area contributed by atoms with Crippen molar-refractivity contribution >= 4 is 11.8 Å². The van der Waals surface area contributed by atoms with E-state index in [0.717, 1.165) is 5.56 Å². The van der Waals surface area contributed by atoms with Crippen LogP contribution >= 0.6 is 0 Å². The highest BCUT2D eigenvalue weighted by Gasteiger charge is 2.23. The van der Waals surface area contributed by atoms with Crippen molar-refractivity contribution in [1.82, 2.24) is 20.1 Å². The molecule has 2 heterocycles. The van der Waals surface area contributed by atoms with E-state index in [4.69, 9.17) is 0 Å². The Balaban J connectivity index is 1.41. The number of nitrogens with one attached hydrogen (secondary N) is 1. The lowest BCUT2D eigenvalue weighted by Gasteiger charge is -2.34. The monoisotopic (exact) mass is 338 g/mol. The van der Waals surface area contributed by atoms with Crippen LogP contribution in [0.2, 0.25) is 0 Å². The normalized spacial score (nSPS) is 15.0. The molecule has 130 valence electrons. The SMILES string of the molecule is O=C(CN1CCN(C(=O)c2ccccn2)CC1)NCc1ccccc1. The molecule has 6 nitrogen and oxygen atoms in total. The second kappa shape index (κ2) is 8.39. The van der Waals surface area contributed by atoms with Gasteiger partial charge in [-0.3, -0.25) is 19.5 Å². The summed E-state index contributed by atoms with van der Waals surface area (Å²) in [6, 6.07) is 15.2. The van der Waals surface area contributed by atoms with Gasteiger partial charge in [-0.15, -0.1) is 0 Å². The summed E-state index contributed by atoms with van der Waals surface area (Å²) in [6.45, 7) is 3.51. The first-order valence-electron chi connectivity index (χ1n) is 8.45. The number of pyridine rings is 1. The molecule has 0 spiro atoms. The molecule has 6 heteroatoms. The van der Waals surface area contributed by atoms with Crippen LogP contribution < -0.4 is 5.32 Å². The Hall–Kier alpha value is -2.73. The van der Waals surface area contributed by atoms with Gasteiger partial charge in [0.2, 0.25) is 5.91 Å². The maximum atomic E-state index is 12.4. The van der Waals surface area contributed by atoms with Gasteiger partial charge in [-0.25, -0.2) is 0 Å². The fourth-order valence-corrected chi connectivity index (χ4v) is 2.82. The van der Waals surface area contributed by atoms with Gasteiger partial charge >= 0.3 is 0 Å². The van der Waals surface area contributed by atoms with Crippen LogP contribution in [-0.4, -0.2) is 59.3 Å². The van der Waals surface area contributed by atoms with Crippen LogP contribution in [0.15, 0.2) is 54.7 Å². The largest absolute Gasteiger partial charge is 0.351 e. The molecule has 2 aromatic rings. The summed E-state index contributed by atoms with van der Waals surface area (Å²) in [7, 11) is 0. The number of piperazine rings is 1. The third-order valence-electron chi connectivity index (χ3n) is 4.24. The maximum absolute atomic E-state index is 12.4. The summed E-state index contributed by atoms with van der Waals surface area (Å²) >= 11 is 0. The van der Waals surface area contributed by atoms with Gasteiger partial charge in [0, 0.05) is 38.9 Å². The van der Waals surface area contributed by atoms with Crippen LogP contribution in [0.1, 0.15) is 16.1 Å². The van der Waals surface area contributed by atoms with Crippen LogP contribution in [0.4, 0.5) is 0 Å². The highest BCUT2D eigenvalue weighted by Crippen LogP contribution is 2.07. The Morgan fingerprint density at radius 2 is 1.68 bits per heavy atom. The van der Waals surface area contributed by atoms with E-state index in [2.05, 4.69) is 15.2 Å². The summed E-state index contributed by atoms with van der Waals surface area (Å²) in [5, 5.41) is 2.93. The number of aromatic nitrogens is 1. The van der Waals surface area contributed by atoms with Crippen molar-refractivity contribution in [2.45, 2.75) is 6.54 Å². The zero-order valence-electron chi connectivity index (χ0n) is 14.1. The van der Waals surface area contributed by atoms with Gasteiger partial charge in [0.05, 0.1) is 6.54 Å². The number of amides is 2. The second-order valence-electron chi connectivity index (χ2n) is 6.05. The van der Waals surface area contributed by atoms with E-state index in [0.29, 0.717) is 45.0 Å². The molecule has 0 bridgehead atoms. The first-order valence-corrected chi connectivity index (χ1v) is 8.45. The average molecular weight is 338 g/mol. The topological polar surface area (TPSA) is 65.5 Å². The van der Waals surface area contributed by atoms with E-state index in [1.165, 1.54) is 0 Å². The summed E-state index contributed by atoms with van der Waals surface area (Å²) in [5.41, 5.74) is 1.55. The molecule has 1 aliphatic heterocycles. The minimum absolute atomic E-state index is 0.00774. The van der Waals surface area contributed by atoms with Crippen molar-refractivity contribution in [2.75, 3.05) is 32.7 Å². The lowest BCUT2D eigenvalue weighted by molar-refractivity contribution is -0.122. The van der Waals surface area contributed by atoms with Crippen LogP contribution in [0, 0.1) is 0 Å². The predicted octanol–water partition coefficient (Wildman–Crippen LogP) is 1.16. The summed E-state index contributed by atoms with van der Waals surface area (Å²) in [4.78, 5) is 32.4. The Morgan fingerprint density at radius 3 is 2.36 bits per heavy atom. The quantitative estimate of drug-likeness (QED) is 0.888. The number of hydrogen-bond donors (Lipinski definition) is 1. The molecular formula is C19H22N4O2. The number of hydrogen-bond acceptors (Lipinski definition) is 4. The minimum Gasteiger partial charge on any atom is -0.351 e. The van der Waals surface area contributed by atoms with Crippen molar-refractivity contribution in [3.8, 4) is 0 Å². The van der Waals surface area contributed by atoms with Gasteiger partial charge in [0.25, 0.3) is 5.91 Å². The first-order chi connectivity index (χ1) is 12.2. The van der Waals surface area contributed by atoms with Crippen molar-refractivity contribution in [3.63, 3.8) is 0 Å². The fraction of sp³-hybridized carbons (Fsp3) is 0.316. The molecule has 1 aliphatic rings. The van der Waals surface area contributed by atoms with Crippen molar-refractivity contribution in [3.05, 3.63) is 66.0 Å². The molecule has 0 unspecified atom stereocenters. The Morgan fingerprint density at radius 1 is 0.960 bits per heavy atom. The zero-order valence-corrected chi connectivity index (χ0v) is 14.1. The number of carbonyl (C=O) groups excluding carboxylic acids is 2. The van der Waals surface area contributed by atoms with Gasteiger partial charge < -0.3 is 10.2 Å². The zero-order chi connectivity index (χ0) is 17.5. The van der Waals surface area contributed by atoms with Gasteiger partial charge in [-0.2, -0.15) is 0 Å². The van der Waals surface area contributed by atoms with Crippen LogP contribution in [0.3, 0.4) is 0 Å². The Kier molecular flexibility index (Phi) is 5.74. The molecule has 25 heavy (non-hydrogen) atoms. The molecule has 0 aliphatic carbocycles. The summed E-state index contributed by atoms with van der Waals surface area (Å²) in [5.74, 6) is -0.0397. The molecule has 1 saturated heterocycles. The lowest BCUT2D eigenvalue weighted by Crippen LogP contribution is -2.51. The van der Waals surface area contributed by atoms with E-state index < -0.39 is 0 Å². The van der Waals surface area contributed by atoms with Gasteiger partial charge in [-0.05, 0) is 17.7 Å². The summed E-state index contributed by atoms with van der Waals surface area (Å²) in [6.07, 6.45) is 1.63. The number of rotatable bonds is 5. The Bertz CT molecular complexity index is 698. The molecule has 2 amide bonds. The number of benzene rings is 1. The predicted molar refractivity (Wildman–Crippen MR) is 94.9 cm³/mol. The molecule has 1 aromatic heterocycles. The maximum Gasteiger partial charge on any atom is 0.272 e. The standard InChI is InChI=1S/C19H22N4O2/c24-18(21-14-16-6-2-1-3-7-16)15-22-10-12-23(13-11-22)19(25)17-8-4-5-9-20-17/h1-9H,10-15H2,(H,21,24). The van der Waals surface area contributed by atoms with E-state index in [9.17, 15) is 9.59 Å². The minimum atomic E-state index is -0.0474. The van der Waals surface area contributed by atoms with Crippen molar-refractivity contribution < 1.29 is 9.59 Å². The molecule has 1 fully saturated rings. The highest BCUT2D eigenvalue weighted by atomic mass is 16.2. The first kappa shape index (κ1) is 17.1. The summed E-state index contributed by atoms with van der Waals surface area (Å²) < 4.78 is 0. The van der Waals surface area contributed by atoms with Crippen LogP contribution in [0.25, 0.3) is 0 Å². The molecule has 0 saturated carbocycles. The fourth-order valence-electron chi connectivity index (χ4n) is 2.82. The van der Waals surface area contributed by atoms with E-state index >= 15 is 0 Å². The lowest BCUT2D eigenvalue weighted by atomic mass is 10.2.